The van der Waals surface area contributed by atoms with Crippen LogP contribution in [0.2, 0.25) is 0 Å². The Balaban J connectivity index is 2.36. The molecule has 0 radical (unpaired) electrons. The standard InChI is InChI=1S/C16H20N2O3S/c1-16(2,19)13-18(12-14-8-4-3-5-9-14)22(20,21)15-10-6-7-11-17-15/h3-11,19H,12-13H2,1-2H3. The van der Waals surface area contributed by atoms with Crippen LogP contribution in [0.25, 0.3) is 0 Å². The van der Waals surface area contributed by atoms with Crippen molar-refractivity contribution in [1.29, 1.82) is 0 Å². The second kappa shape index (κ2) is 6.56. The Labute approximate surface area is 131 Å². The van der Waals surface area contributed by atoms with Crippen LogP contribution in [-0.2, 0) is 16.6 Å². The molecule has 0 saturated heterocycles. The van der Waals surface area contributed by atoms with Crippen LogP contribution in [0.3, 0.4) is 0 Å². The lowest BCUT2D eigenvalue weighted by atomic mass is 10.1. The van der Waals surface area contributed by atoms with Crippen molar-refractivity contribution in [3.63, 3.8) is 0 Å². The highest BCUT2D eigenvalue weighted by molar-refractivity contribution is 7.89. The van der Waals surface area contributed by atoms with Crippen LogP contribution in [0.4, 0.5) is 0 Å². The molecule has 0 spiro atoms. The molecule has 0 fully saturated rings. The number of nitrogens with zero attached hydrogens (tertiary/aromatic N) is 2. The van der Waals surface area contributed by atoms with E-state index in [1.807, 2.05) is 30.3 Å². The zero-order valence-corrected chi connectivity index (χ0v) is 13.5. The molecule has 0 aliphatic rings. The number of benzene rings is 1. The number of hydrogen-bond donors (Lipinski definition) is 1. The van der Waals surface area contributed by atoms with Gasteiger partial charge in [-0.2, -0.15) is 4.31 Å². The van der Waals surface area contributed by atoms with Crippen molar-refractivity contribution in [1.82, 2.24) is 9.29 Å². The summed E-state index contributed by atoms with van der Waals surface area (Å²) in [7, 11) is -3.77. The molecule has 6 heteroatoms. The van der Waals surface area contributed by atoms with Gasteiger partial charge >= 0.3 is 0 Å². The van der Waals surface area contributed by atoms with Gasteiger partial charge in [0.25, 0.3) is 10.0 Å². The first kappa shape index (κ1) is 16.6. The van der Waals surface area contributed by atoms with Crippen LogP contribution in [0.5, 0.6) is 0 Å². The molecule has 0 atom stereocenters. The van der Waals surface area contributed by atoms with Gasteiger partial charge in [0.2, 0.25) is 0 Å². The topological polar surface area (TPSA) is 70.5 Å². The molecule has 2 aromatic rings. The maximum Gasteiger partial charge on any atom is 0.260 e. The first-order chi connectivity index (χ1) is 10.3. The minimum Gasteiger partial charge on any atom is -0.389 e. The molecular weight excluding hydrogens is 300 g/mol. The monoisotopic (exact) mass is 320 g/mol. The first-order valence-electron chi connectivity index (χ1n) is 6.96. The minimum atomic E-state index is -3.77. The van der Waals surface area contributed by atoms with Crippen LogP contribution in [0.15, 0.2) is 59.8 Å². The van der Waals surface area contributed by atoms with Gasteiger partial charge in [-0.25, -0.2) is 13.4 Å². The van der Waals surface area contributed by atoms with Crippen molar-refractivity contribution in [3.8, 4) is 0 Å². The molecule has 0 unspecified atom stereocenters. The highest BCUT2D eigenvalue weighted by Gasteiger charge is 2.30. The molecule has 0 aliphatic heterocycles. The third kappa shape index (κ3) is 4.37. The van der Waals surface area contributed by atoms with E-state index in [0.717, 1.165) is 5.56 Å². The lowest BCUT2D eigenvalue weighted by Crippen LogP contribution is -2.42. The summed E-state index contributed by atoms with van der Waals surface area (Å²) in [5.41, 5.74) is -0.289. The first-order valence-corrected chi connectivity index (χ1v) is 8.40. The summed E-state index contributed by atoms with van der Waals surface area (Å²) in [6, 6.07) is 14.0. The quantitative estimate of drug-likeness (QED) is 0.884. The average Bonchev–Trinajstić information content (AvgIpc) is 2.47. The fourth-order valence-electron chi connectivity index (χ4n) is 2.08. The van der Waals surface area contributed by atoms with Gasteiger partial charge in [-0.3, -0.25) is 0 Å². The smallest absolute Gasteiger partial charge is 0.260 e. The minimum absolute atomic E-state index is 0.0131. The van der Waals surface area contributed by atoms with E-state index in [9.17, 15) is 13.5 Å². The van der Waals surface area contributed by atoms with E-state index in [4.69, 9.17) is 0 Å². The lowest BCUT2D eigenvalue weighted by Gasteiger charge is -2.28. The normalized spacial score (nSPS) is 12.5. The molecule has 5 nitrogen and oxygen atoms in total. The lowest BCUT2D eigenvalue weighted by molar-refractivity contribution is 0.0576. The Morgan fingerprint density at radius 1 is 1.09 bits per heavy atom. The van der Waals surface area contributed by atoms with E-state index in [2.05, 4.69) is 4.98 Å². The maximum atomic E-state index is 12.8. The summed E-state index contributed by atoms with van der Waals surface area (Å²) in [6.45, 7) is 3.34. The van der Waals surface area contributed by atoms with Crippen LogP contribution < -0.4 is 0 Å². The second-order valence-electron chi connectivity index (χ2n) is 5.74. The molecular formula is C16H20N2O3S. The van der Waals surface area contributed by atoms with Crippen LogP contribution >= 0.6 is 0 Å². The predicted molar refractivity (Wildman–Crippen MR) is 84.6 cm³/mol. The molecule has 1 heterocycles. The summed E-state index contributed by atoms with van der Waals surface area (Å²) < 4.78 is 26.8. The van der Waals surface area contributed by atoms with Crippen LogP contribution in [0.1, 0.15) is 19.4 Å². The van der Waals surface area contributed by atoms with Crippen molar-refractivity contribution in [3.05, 3.63) is 60.3 Å². The molecule has 0 aliphatic carbocycles. The van der Waals surface area contributed by atoms with Gasteiger partial charge in [-0.05, 0) is 31.5 Å². The maximum absolute atomic E-state index is 12.8. The number of aromatic nitrogens is 1. The van der Waals surface area contributed by atoms with Crippen molar-refractivity contribution >= 4 is 10.0 Å². The molecule has 0 saturated carbocycles. The van der Waals surface area contributed by atoms with Gasteiger partial charge in [0, 0.05) is 19.3 Å². The highest BCUT2D eigenvalue weighted by Crippen LogP contribution is 2.19. The molecule has 1 aromatic heterocycles. The molecule has 1 aromatic carbocycles. The van der Waals surface area contributed by atoms with Gasteiger partial charge in [0.1, 0.15) is 0 Å². The van der Waals surface area contributed by atoms with E-state index in [0.29, 0.717) is 0 Å². The van der Waals surface area contributed by atoms with Crippen molar-refractivity contribution in [2.75, 3.05) is 6.54 Å². The zero-order valence-electron chi connectivity index (χ0n) is 12.7. The van der Waals surface area contributed by atoms with Crippen molar-refractivity contribution < 1.29 is 13.5 Å². The Hall–Kier alpha value is -1.76. The largest absolute Gasteiger partial charge is 0.389 e. The van der Waals surface area contributed by atoms with Gasteiger partial charge in [-0.15, -0.1) is 0 Å². The Morgan fingerprint density at radius 3 is 2.27 bits per heavy atom. The molecule has 0 amide bonds. The number of aliphatic hydroxyl groups is 1. The fourth-order valence-corrected chi connectivity index (χ4v) is 3.59. The Bertz CT molecular complexity index is 695. The van der Waals surface area contributed by atoms with Gasteiger partial charge in [-0.1, -0.05) is 36.4 Å². The van der Waals surface area contributed by atoms with Crippen molar-refractivity contribution in [2.45, 2.75) is 31.0 Å². The summed E-state index contributed by atoms with van der Waals surface area (Å²) in [5.74, 6) is 0. The predicted octanol–water partition coefficient (Wildman–Crippen LogP) is 2.04. The van der Waals surface area contributed by atoms with Crippen LogP contribution in [-0.4, -0.2) is 35.0 Å². The third-order valence-corrected chi connectivity index (χ3v) is 4.72. The third-order valence-electron chi connectivity index (χ3n) is 3.01. The zero-order chi connectivity index (χ0) is 16.2. The fraction of sp³-hybridized carbons (Fsp3) is 0.312. The highest BCUT2D eigenvalue weighted by atomic mass is 32.2. The molecule has 2 rings (SSSR count). The van der Waals surface area contributed by atoms with Gasteiger partial charge in [0.15, 0.2) is 5.03 Å². The van der Waals surface area contributed by atoms with E-state index < -0.39 is 15.6 Å². The van der Waals surface area contributed by atoms with Crippen LogP contribution in [0, 0.1) is 0 Å². The van der Waals surface area contributed by atoms with Gasteiger partial charge in [0.05, 0.1) is 5.60 Å². The molecule has 0 bridgehead atoms. The number of hydrogen-bond acceptors (Lipinski definition) is 4. The Morgan fingerprint density at radius 2 is 1.73 bits per heavy atom. The molecule has 22 heavy (non-hydrogen) atoms. The molecule has 118 valence electrons. The van der Waals surface area contributed by atoms with E-state index in [1.54, 1.807) is 26.0 Å². The number of sulfonamides is 1. The molecule has 1 N–H and O–H groups in total. The van der Waals surface area contributed by atoms with Crippen molar-refractivity contribution in [2.24, 2.45) is 0 Å². The van der Waals surface area contributed by atoms with Gasteiger partial charge < -0.3 is 5.11 Å². The average molecular weight is 320 g/mol. The number of pyridine rings is 1. The summed E-state index contributed by atoms with van der Waals surface area (Å²) >= 11 is 0. The summed E-state index contributed by atoms with van der Waals surface area (Å²) in [5, 5.41) is 10.0. The Kier molecular flexibility index (Phi) is 4.95. The van der Waals surface area contributed by atoms with E-state index in [1.165, 1.54) is 16.6 Å². The summed E-state index contributed by atoms with van der Waals surface area (Å²) in [6.07, 6.45) is 1.44. The summed E-state index contributed by atoms with van der Waals surface area (Å²) in [4.78, 5) is 3.93. The van der Waals surface area contributed by atoms with E-state index >= 15 is 0 Å². The van der Waals surface area contributed by atoms with E-state index in [-0.39, 0.29) is 18.1 Å². The number of rotatable bonds is 6. The second-order valence-corrected chi connectivity index (χ2v) is 7.62. The SMILES string of the molecule is CC(C)(O)CN(Cc1ccccc1)S(=O)(=O)c1ccccn1.